The summed E-state index contributed by atoms with van der Waals surface area (Å²) in [7, 11) is 0. The van der Waals surface area contributed by atoms with Crippen LogP contribution in [0.3, 0.4) is 0 Å². The third kappa shape index (κ3) is 6.50. The average molecular weight is 455 g/mol. The van der Waals surface area contributed by atoms with Gasteiger partial charge in [-0.3, -0.25) is 10.1 Å². The molecule has 2 aliphatic heterocycles. The van der Waals surface area contributed by atoms with E-state index >= 15 is 0 Å². The van der Waals surface area contributed by atoms with E-state index < -0.39 is 4.92 Å². The Morgan fingerprint density at radius 3 is 2.00 bits per heavy atom. The zero-order valence-corrected chi connectivity index (χ0v) is 18.7. The fourth-order valence-electron chi connectivity index (χ4n) is 4.03. The van der Waals surface area contributed by atoms with Crippen LogP contribution in [0, 0.1) is 10.1 Å². The topological polar surface area (TPSA) is 126 Å². The maximum absolute atomic E-state index is 10.7. The van der Waals surface area contributed by atoms with Gasteiger partial charge in [-0.05, 0) is 43.9 Å². The van der Waals surface area contributed by atoms with Gasteiger partial charge in [0.15, 0.2) is 0 Å². The number of rotatable bonds is 7. The molecule has 0 aliphatic carbocycles. The summed E-state index contributed by atoms with van der Waals surface area (Å²) < 4.78 is 5.08. The van der Waals surface area contributed by atoms with Gasteiger partial charge in [-0.15, -0.1) is 0 Å². The summed E-state index contributed by atoms with van der Waals surface area (Å²) in [5.41, 5.74) is 2.91. The van der Waals surface area contributed by atoms with Crippen LogP contribution in [0.5, 0.6) is 0 Å². The largest absolute Gasteiger partial charge is 0.433 e. The van der Waals surface area contributed by atoms with E-state index in [0.717, 1.165) is 51.9 Å². The van der Waals surface area contributed by atoms with Crippen molar-refractivity contribution in [3.63, 3.8) is 0 Å². The third-order valence-corrected chi connectivity index (χ3v) is 5.77. The Kier molecular flexibility index (Phi) is 7.83. The number of nitrogens with one attached hydrogen (secondary N) is 1. The molecule has 2 aromatic heterocycles. The fraction of sp³-hybridized carbons (Fsp3) is 0.545. The van der Waals surface area contributed by atoms with Gasteiger partial charge in [-0.1, -0.05) is 25.7 Å². The summed E-state index contributed by atoms with van der Waals surface area (Å²) in [6.45, 7) is 3.79. The highest BCUT2D eigenvalue weighted by atomic mass is 16.6. The number of hydrogen-bond acceptors (Lipinski definition) is 10. The second-order valence-electron chi connectivity index (χ2n) is 8.24. The lowest BCUT2D eigenvalue weighted by molar-refractivity contribution is -0.402. The van der Waals surface area contributed by atoms with Crippen LogP contribution >= 0.6 is 0 Å². The van der Waals surface area contributed by atoms with E-state index in [0.29, 0.717) is 23.6 Å². The fourth-order valence-corrected chi connectivity index (χ4v) is 4.03. The molecule has 0 amide bonds. The predicted octanol–water partition coefficient (Wildman–Crippen LogP) is 4.24. The Hall–Kier alpha value is -3.50. The van der Waals surface area contributed by atoms with Crippen LogP contribution in [-0.2, 0) is 0 Å². The first kappa shape index (κ1) is 22.7. The minimum atomic E-state index is -0.572. The summed E-state index contributed by atoms with van der Waals surface area (Å²) in [6, 6.07) is 2.84. The van der Waals surface area contributed by atoms with Gasteiger partial charge in [-0.2, -0.15) is 20.1 Å². The first-order valence-corrected chi connectivity index (χ1v) is 11.6. The number of hydrazone groups is 1. The molecular formula is C22H30N8O3. The van der Waals surface area contributed by atoms with E-state index in [1.54, 1.807) is 12.2 Å². The highest BCUT2D eigenvalue weighted by molar-refractivity contribution is 5.78. The number of aromatic nitrogens is 3. The first-order chi connectivity index (χ1) is 16.2. The van der Waals surface area contributed by atoms with Crippen molar-refractivity contribution in [2.45, 2.75) is 51.4 Å². The molecule has 33 heavy (non-hydrogen) atoms. The van der Waals surface area contributed by atoms with Crippen molar-refractivity contribution in [1.82, 2.24) is 15.0 Å². The van der Waals surface area contributed by atoms with Crippen LogP contribution in [0.2, 0.25) is 0 Å². The Bertz CT molecular complexity index is 936. The molecule has 0 bridgehead atoms. The van der Waals surface area contributed by atoms with Gasteiger partial charge in [0.2, 0.25) is 17.8 Å². The van der Waals surface area contributed by atoms with Crippen LogP contribution in [0.1, 0.15) is 57.1 Å². The Morgan fingerprint density at radius 1 is 0.909 bits per heavy atom. The van der Waals surface area contributed by atoms with E-state index in [4.69, 9.17) is 9.40 Å². The van der Waals surface area contributed by atoms with Crippen molar-refractivity contribution >= 4 is 36.0 Å². The summed E-state index contributed by atoms with van der Waals surface area (Å²) in [5.74, 6) is 1.88. The lowest BCUT2D eigenvalue weighted by atomic mass is 10.2. The van der Waals surface area contributed by atoms with Gasteiger partial charge in [0.1, 0.15) is 10.7 Å². The van der Waals surface area contributed by atoms with Gasteiger partial charge in [-0.25, -0.2) is 5.43 Å². The Balaban J connectivity index is 1.48. The van der Waals surface area contributed by atoms with Crippen LogP contribution in [0.15, 0.2) is 27.7 Å². The van der Waals surface area contributed by atoms with Crippen molar-refractivity contribution in [3.05, 3.63) is 34.1 Å². The number of nitrogens with zero attached hydrogens (tertiary/aromatic N) is 7. The van der Waals surface area contributed by atoms with Gasteiger partial charge in [0, 0.05) is 32.4 Å². The maximum Gasteiger partial charge on any atom is 0.433 e. The van der Waals surface area contributed by atoms with E-state index in [1.165, 1.54) is 44.0 Å². The Labute approximate surface area is 192 Å². The number of hydrogen-bond donors (Lipinski definition) is 1. The number of anilines is 3. The van der Waals surface area contributed by atoms with E-state index in [2.05, 4.69) is 30.3 Å². The van der Waals surface area contributed by atoms with E-state index in [-0.39, 0.29) is 5.88 Å². The lowest BCUT2D eigenvalue weighted by Crippen LogP contribution is -2.30. The van der Waals surface area contributed by atoms with Gasteiger partial charge in [0.25, 0.3) is 0 Å². The average Bonchev–Trinajstić information content (AvgIpc) is 3.00. The van der Waals surface area contributed by atoms with Gasteiger partial charge >= 0.3 is 5.88 Å². The standard InChI is InChI=1S/C22H30N8O3/c31-30(32)19-12-11-18(33-19)10-9-13-23-27-20-24-21(28-14-5-1-2-6-15-28)26-22(25-20)29-16-7-3-4-8-17-29/h9-13H,1-8,14-17H2,(H,24,25,26,27)/b10-9+,23-13-. The zero-order chi connectivity index (χ0) is 22.9. The van der Waals surface area contributed by atoms with Crippen molar-refractivity contribution in [1.29, 1.82) is 0 Å². The van der Waals surface area contributed by atoms with Gasteiger partial charge in [0.05, 0.1) is 6.07 Å². The monoisotopic (exact) mass is 454 g/mol. The SMILES string of the molecule is O=[N+]([O-])c1ccc(/C=C/C=N\Nc2nc(N3CCCCCC3)nc(N3CCCCCC3)n2)o1. The van der Waals surface area contributed by atoms with E-state index in [9.17, 15) is 10.1 Å². The molecule has 4 heterocycles. The molecule has 0 aromatic carbocycles. The second-order valence-corrected chi connectivity index (χ2v) is 8.24. The summed E-state index contributed by atoms with van der Waals surface area (Å²) in [6.07, 6.45) is 14.3. The van der Waals surface area contributed by atoms with Gasteiger partial charge < -0.3 is 14.2 Å². The Morgan fingerprint density at radius 2 is 1.48 bits per heavy atom. The molecule has 2 fully saturated rings. The van der Waals surface area contributed by atoms with Crippen molar-refractivity contribution in [2.75, 3.05) is 41.4 Å². The molecule has 176 valence electrons. The second kappa shape index (κ2) is 11.4. The highest BCUT2D eigenvalue weighted by Crippen LogP contribution is 2.22. The molecular weight excluding hydrogens is 424 g/mol. The smallest absolute Gasteiger partial charge is 0.401 e. The molecule has 2 saturated heterocycles. The third-order valence-electron chi connectivity index (χ3n) is 5.77. The number of nitro groups is 1. The molecule has 0 radical (unpaired) electrons. The molecule has 4 rings (SSSR count). The maximum atomic E-state index is 10.7. The van der Waals surface area contributed by atoms with Crippen LogP contribution in [-0.4, -0.2) is 52.3 Å². The van der Waals surface area contributed by atoms with Crippen molar-refractivity contribution in [3.8, 4) is 0 Å². The zero-order valence-electron chi connectivity index (χ0n) is 18.7. The quantitative estimate of drug-likeness (QED) is 0.371. The summed E-state index contributed by atoms with van der Waals surface area (Å²) in [5, 5.41) is 14.9. The first-order valence-electron chi connectivity index (χ1n) is 11.6. The number of allylic oxidation sites excluding steroid dienone is 1. The van der Waals surface area contributed by atoms with E-state index in [1.807, 2.05) is 0 Å². The molecule has 11 nitrogen and oxygen atoms in total. The minimum absolute atomic E-state index is 0.294. The van der Waals surface area contributed by atoms with Crippen molar-refractivity contribution < 1.29 is 9.34 Å². The molecule has 0 saturated carbocycles. The molecule has 0 unspecified atom stereocenters. The highest BCUT2D eigenvalue weighted by Gasteiger charge is 2.19. The van der Waals surface area contributed by atoms with Crippen LogP contribution in [0.25, 0.3) is 6.08 Å². The molecule has 1 N–H and O–H groups in total. The summed E-state index contributed by atoms with van der Waals surface area (Å²) >= 11 is 0. The molecule has 0 spiro atoms. The summed E-state index contributed by atoms with van der Waals surface area (Å²) in [4.78, 5) is 28.7. The van der Waals surface area contributed by atoms with Crippen molar-refractivity contribution in [2.24, 2.45) is 5.10 Å². The molecule has 11 heteroatoms. The van der Waals surface area contributed by atoms with Crippen LogP contribution in [0.4, 0.5) is 23.7 Å². The number of furan rings is 1. The molecule has 2 aliphatic rings. The van der Waals surface area contributed by atoms with Crippen LogP contribution < -0.4 is 15.2 Å². The normalized spacial score (nSPS) is 17.9. The predicted molar refractivity (Wildman–Crippen MR) is 128 cm³/mol. The lowest BCUT2D eigenvalue weighted by Gasteiger charge is -2.24. The minimum Gasteiger partial charge on any atom is -0.401 e. The molecule has 2 aromatic rings. The molecule has 0 atom stereocenters.